The van der Waals surface area contributed by atoms with Gasteiger partial charge in [-0.05, 0) is 39.9 Å². The third-order valence-electron chi connectivity index (χ3n) is 4.04. The number of likely N-dealkylation sites (tertiary alicyclic amines) is 1. The van der Waals surface area contributed by atoms with Crippen LogP contribution in [-0.2, 0) is 9.59 Å². The number of carbonyl (C=O) groups is 2. The minimum Gasteiger partial charge on any atom is -0.309 e. The number of carbonyl (C=O) groups excluding carboxylic acids is 2. The lowest BCUT2D eigenvalue weighted by Gasteiger charge is -2.21. The van der Waals surface area contributed by atoms with Gasteiger partial charge in [0.1, 0.15) is 0 Å². The minimum absolute atomic E-state index is 0.0515. The molecule has 1 saturated heterocycles. The standard InChI is InChI=1S/C13H22N2O2/c1-14(2)8-5-9-15-11(16)10-13(12(15)17)6-3-4-7-13/h3-10H2,1-2H3. The van der Waals surface area contributed by atoms with E-state index in [4.69, 9.17) is 0 Å². The normalized spacial score (nSPS) is 23.4. The maximum absolute atomic E-state index is 12.3. The zero-order chi connectivity index (χ0) is 12.5. The summed E-state index contributed by atoms with van der Waals surface area (Å²) in [6.45, 7) is 1.52. The van der Waals surface area contributed by atoms with Gasteiger partial charge in [-0.15, -0.1) is 0 Å². The molecule has 0 aromatic rings. The molecule has 2 rings (SSSR count). The Bertz CT molecular complexity index is 319. The first-order chi connectivity index (χ1) is 8.05. The van der Waals surface area contributed by atoms with Gasteiger partial charge in [-0.2, -0.15) is 0 Å². The second kappa shape index (κ2) is 4.77. The Morgan fingerprint density at radius 3 is 2.47 bits per heavy atom. The van der Waals surface area contributed by atoms with Crippen molar-refractivity contribution in [2.75, 3.05) is 27.2 Å². The molecule has 1 aliphatic heterocycles. The van der Waals surface area contributed by atoms with Crippen molar-refractivity contribution in [3.05, 3.63) is 0 Å². The number of hydrogen-bond acceptors (Lipinski definition) is 3. The van der Waals surface area contributed by atoms with Crippen molar-refractivity contribution in [2.45, 2.75) is 38.5 Å². The van der Waals surface area contributed by atoms with Gasteiger partial charge in [0.15, 0.2) is 0 Å². The van der Waals surface area contributed by atoms with Gasteiger partial charge in [0.05, 0.1) is 5.41 Å². The Morgan fingerprint density at radius 2 is 1.88 bits per heavy atom. The number of nitrogens with zero attached hydrogens (tertiary/aromatic N) is 2. The van der Waals surface area contributed by atoms with Crippen molar-refractivity contribution >= 4 is 11.8 Å². The van der Waals surface area contributed by atoms with Crippen LogP contribution in [0.25, 0.3) is 0 Å². The molecule has 96 valence electrons. The maximum atomic E-state index is 12.3. The first-order valence-electron chi connectivity index (χ1n) is 6.55. The summed E-state index contributed by atoms with van der Waals surface area (Å²) in [6, 6.07) is 0. The van der Waals surface area contributed by atoms with Crippen molar-refractivity contribution in [1.82, 2.24) is 9.80 Å². The lowest BCUT2D eigenvalue weighted by molar-refractivity contribution is -0.141. The van der Waals surface area contributed by atoms with E-state index >= 15 is 0 Å². The van der Waals surface area contributed by atoms with Gasteiger partial charge in [-0.1, -0.05) is 12.8 Å². The molecule has 1 heterocycles. The molecule has 0 aromatic carbocycles. The van der Waals surface area contributed by atoms with E-state index in [0.717, 1.165) is 38.6 Å². The second-order valence-electron chi connectivity index (χ2n) is 5.67. The Morgan fingerprint density at radius 1 is 1.24 bits per heavy atom. The third-order valence-corrected chi connectivity index (χ3v) is 4.04. The Kier molecular flexibility index (Phi) is 3.52. The molecule has 4 heteroatoms. The van der Waals surface area contributed by atoms with Crippen LogP contribution in [0.1, 0.15) is 38.5 Å². The molecule has 1 saturated carbocycles. The molecule has 0 unspecified atom stereocenters. The summed E-state index contributed by atoms with van der Waals surface area (Å²) in [5.74, 6) is 0.161. The van der Waals surface area contributed by atoms with Gasteiger partial charge in [0, 0.05) is 13.0 Å². The highest BCUT2D eigenvalue weighted by Gasteiger charge is 2.52. The average Bonchev–Trinajstić information content (AvgIpc) is 2.80. The molecule has 2 aliphatic rings. The number of imide groups is 1. The van der Waals surface area contributed by atoms with E-state index in [0.29, 0.717) is 13.0 Å². The smallest absolute Gasteiger partial charge is 0.235 e. The Balaban J connectivity index is 1.94. The summed E-state index contributed by atoms with van der Waals surface area (Å²) >= 11 is 0. The molecule has 2 fully saturated rings. The second-order valence-corrected chi connectivity index (χ2v) is 5.67. The van der Waals surface area contributed by atoms with Gasteiger partial charge in [0.2, 0.25) is 11.8 Å². The van der Waals surface area contributed by atoms with Crippen LogP contribution in [0.15, 0.2) is 0 Å². The summed E-state index contributed by atoms with van der Waals surface area (Å²) in [7, 11) is 4.01. The number of rotatable bonds is 4. The molecular weight excluding hydrogens is 216 g/mol. The Labute approximate surface area is 103 Å². The summed E-state index contributed by atoms with van der Waals surface area (Å²) in [4.78, 5) is 27.8. The van der Waals surface area contributed by atoms with E-state index in [1.165, 1.54) is 4.90 Å². The summed E-state index contributed by atoms with van der Waals surface area (Å²) in [5, 5.41) is 0. The lowest BCUT2D eigenvalue weighted by atomic mass is 9.84. The average molecular weight is 238 g/mol. The first-order valence-corrected chi connectivity index (χ1v) is 6.55. The van der Waals surface area contributed by atoms with Gasteiger partial charge in [-0.3, -0.25) is 14.5 Å². The zero-order valence-electron chi connectivity index (χ0n) is 10.9. The van der Waals surface area contributed by atoms with E-state index in [-0.39, 0.29) is 17.2 Å². The van der Waals surface area contributed by atoms with Crippen molar-refractivity contribution in [2.24, 2.45) is 5.41 Å². The monoisotopic (exact) mass is 238 g/mol. The first kappa shape index (κ1) is 12.6. The minimum atomic E-state index is -0.296. The molecule has 0 bridgehead atoms. The van der Waals surface area contributed by atoms with E-state index in [9.17, 15) is 9.59 Å². The van der Waals surface area contributed by atoms with Gasteiger partial charge >= 0.3 is 0 Å². The van der Waals surface area contributed by atoms with Crippen LogP contribution in [0.2, 0.25) is 0 Å². The fourth-order valence-corrected chi connectivity index (χ4v) is 3.07. The van der Waals surface area contributed by atoms with Crippen LogP contribution in [0.3, 0.4) is 0 Å². The predicted molar refractivity (Wildman–Crippen MR) is 65.4 cm³/mol. The summed E-state index contributed by atoms with van der Waals surface area (Å²) in [6.07, 6.45) is 5.38. The molecule has 0 atom stereocenters. The van der Waals surface area contributed by atoms with Gasteiger partial charge in [0.25, 0.3) is 0 Å². The topological polar surface area (TPSA) is 40.6 Å². The molecule has 2 amide bonds. The van der Waals surface area contributed by atoms with Crippen molar-refractivity contribution < 1.29 is 9.59 Å². The largest absolute Gasteiger partial charge is 0.309 e. The molecule has 1 aliphatic carbocycles. The van der Waals surface area contributed by atoms with Crippen LogP contribution in [0.5, 0.6) is 0 Å². The van der Waals surface area contributed by atoms with Crippen molar-refractivity contribution in [3.63, 3.8) is 0 Å². The third kappa shape index (κ3) is 2.37. The van der Waals surface area contributed by atoms with Crippen LogP contribution in [0.4, 0.5) is 0 Å². The van der Waals surface area contributed by atoms with E-state index in [1.807, 2.05) is 14.1 Å². The van der Waals surface area contributed by atoms with Gasteiger partial charge < -0.3 is 4.90 Å². The lowest BCUT2D eigenvalue weighted by Crippen LogP contribution is -2.36. The maximum Gasteiger partial charge on any atom is 0.235 e. The molecular formula is C13H22N2O2. The van der Waals surface area contributed by atoms with Crippen LogP contribution < -0.4 is 0 Å². The molecule has 0 aromatic heterocycles. The molecule has 0 N–H and O–H groups in total. The van der Waals surface area contributed by atoms with Gasteiger partial charge in [-0.25, -0.2) is 0 Å². The van der Waals surface area contributed by atoms with Crippen LogP contribution >= 0.6 is 0 Å². The quantitative estimate of drug-likeness (QED) is 0.692. The van der Waals surface area contributed by atoms with Crippen LogP contribution in [-0.4, -0.2) is 48.8 Å². The molecule has 17 heavy (non-hydrogen) atoms. The highest BCUT2D eigenvalue weighted by atomic mass is 16.2. The summed E-state index contributed by atoms with van der Waals surface area (Å²) in [5.41, 5.74) is -0.296. The number of hydrogen-bond donors (Lipinski definition) is 0. The predicted octanol–water partition coefficient (Wildman–Crippen LogP) is 1.26. The highest BCUT2D eigenvalue weighted by molar-refractivity contribution is 6.06. The van der Waals surface area contributed by atoms with Crippen molar-refractivity contribution in [3.8, 4) is 0 Å². The fourth-order valence-electron chi connectivity index (χ4n) is 3.07. The summed E-state index contributed by atoms with van der Waals surface area (Å²) < 4.78 is 0. The highest BCUT2D eigenvalue weighted by Crippen LogP contribution is 2.46. The SMILES string of the molecule is CN(C)CCCN1C(=O)CC2(CCCC2)C1=O. The van der Waals surface area contributed by atoms with Crippen molar-refractivity contribution in [1.29, 1.82) is 0 Å². The Hall–Kier alpha value is -0.900. The molecule has 0 radical (unpaired) electrons. The number of amides is 2. The molecule has 4 nitrogen and oxygen atoms in total. The van der Waals surface area contributed by atoms with E-state index in [2.05, 4.69) is 4.90 Å². The zero-order valence-corrected chi connectivity index (χ0v) is 10.9. The van der Waals surface area contributed by atoms with E-state index < -0.39 is 0 Å². The van der Waals surface area contributed by atoms with Crippen LogP contribution in [0, 0.1) is 5.41 Å². The van der Waals surface area contributed by atoms with E-state index in [1.54, 1.807) is 0 Å². The molecule has 1 spiro atoms. The fraction of sp³-hybridized carbons (Fsp3) is 0.846.